The third kappa shape index (κ3) is 3.55. The first-order valence-corrected chi connectivity index (χ1v) is 8.96. The zero-order valence-corrected chi connectivity index (χ0v) is 15.1. The normalized spacial score (nSPS) is 10.8. The van der Waals surface area contributed by atoms with Gasteiger partial charge in [-0.25, -0.2) is 9.97 Å². The summed E-state index contributed by atoms with van der Waals surface area (Å²) in [5.74, 6) is 0.723. The molecule has 3 rings (SSSR count). The number of hydrogen-bond donors (Lipinski definition) is 0. The van der Waals surface area contributed by atoms with Crippen LogP contribution in [0.3, 0.4) is 0 Å². The predicted molar refractivity (Wildman–Crippen MR) is 99.1 cm³/mol. The second-order valence-corrected chi connectivity index (χ2v) is 7.27. The van der Waals surface area contributed by atoms with Crippen molar-refractivity contribution in [2.24, 2.45) is 0 Å². The summed E-state index contributed by atoms with van der Waals surface area (Å²) in [5.41, 5.74) is 5.03. The number of rotatable bonds is 5. The van der Waals surface area contributed by atoms with Crippen molar-refractivity contribution in [3.8, 4) is 10.7 Å². The van der Waals surface area contributed by atoms with E-state index in [0.717, 1.165) is 51.1 Å². The monoisotopic (exact) mass is 356 g/mol. The van der Waals surface area contributed by atoms with Gasteiger partial charge in [0.2, 0.25) is 0 Å². The SMILES string of the molecule is CCc1c(C)nc(-c2ccc(Cl)s2)nc1Cc1ccc(C=O)cc1. The smallest absolute Gasteiger partial charge is 0.169 e. The summed E-state index contributed by atoms with van der Waals surface area (Å²) in [6.45, 7) is 4.14. The van der Waals surface area contributed by atoms with Gasteiger partial charge in [0.1, 0.15) is 6.29 Å². The van der Waals surface area contributed by atoms with Crippen LogP contribution < -0.4 is 0 Å². The van der Waals surface area contributed by atoms with Crippen molar-refractivity contribution in [1.29, 1.82) is 0 Å². The van der Waals surface area contributed by atoms with Gasteiger partial charge in [-0.15, -0.1) is 11.3 Å². The van der Waals surface area contributed by atoms with E-state index in [0.29, 0.717) is 5.56 Å². The first-order chi connectivity index (χ1) is 11.6. The average molecular weight is 357 g/mol. The minimum atomic E-state index is 0.683. The predicted octanol–water partition coefficient (Wildman–Crippen LogP) is 5.13. The molecule has 0 bridgehead atoms. The zero-order valence-electron chi connectivity index (χ0n) is 13.5. The van der Waals surface area contributed by atoms with Crippen LogP contribution in [0.1, 0.15) is 39.8 Å². The van der Waals surface area contributed by atoms with Crippen molar-refractivity contribution in [1.82, 2.24) is 9.97 Å². The van der Waals surface area contributed by atoms with Gasteiger partial charge in [-0.3, -0.25) is 4.79 Å². The van der Waals surface area contributed by atoms with Crippen LogP contribution in [0.4, 0.5) is 0 Å². The summed E-state index contributed by atoms with van der Waals surface area (Å²) in [6, 6.07) is 11.4. The number of benzene rings is 1. The standard InChI is InChI=1S/C19H17ClN2OS/c1-3-15-12(2)21-19(17-8-9-18(20)24-17)22-16(15)10-13-4-6-14(11-23)7-5-13/h4-9,11H,3,10H2,1-2H3. The lowest BCUT2D eigenvalue weighted by molar-refractivity contribution is 0.112. The lowest BCUT2D eigenvalue weighted by Crippen LogP contribution is -2.05. The molecule has 3 nitrogen and oxygen atoms in total. The molecule has 1 aromatic carbocycles. The molecular formula is C19H17ClN2OS. The molecule has 0 amide bonds. The molecule has 0 N–H and O–H groups in total. The molecule has 0 spiro atoms. The molecule has 0 fully saturated rings. The second-order valence-electron chi connectivity index (χ2n) is 5.55. The molecule has 0 saturated carbocycles. The highest BCUT2D eigenvalue weighted by molar-refractivity contribution is 7.19. The Morgan fingerprint density at radius 3 is 2.46 bits per heavy atom. The molecule has 0 saturated heterocycles. The Morgan fingerprint density at radius 1 is 1.12 bits per heavy atom. The van der Waals surface area contributed by atoms with Crippen LogP contribution in [0.2, 0.25) is 4.34 Å². The van der Waals surface area contributed by atoms with E-state index in [-0.39, 0.29) is 0 Å². The zero-order chi connectivity index (χ0) is 17.1. The van der Waals surface area contributed by atoms with Gasteiger partial charge >= 0.3 is 0 Å². The number of aromatic nitrogens is 2. The fourth-order valence-electron chi connectivity index (χ4n) is 2.71. The molecule has 2 aromatic heterocycles. The third-order valence-electron chi connectivity index (χ3n) is 3.93. The molecule has 0 aliphatic rings. The van der Waals surface area contributed by atoms with Gasteiger partial charge in [-0.05, 0) is 36.6 Å². The summed E-state index contributed by atoms with van der Waals surface area (Å²) >= 11 is 7.53. The topological polar surface area (TPSA) is 42.9 Å². The van der Waals surface area contributed by atoms with Crippen LogP contribution in [-0.4, -0.2) is 16.3 Å². The fraction of sp³-hybridized carbons (Fsp3) is 0.211. The molecule has 0 aliphatic carbocycles. The molecule has 5 heteroatoms. The minimum Gasteiger partial charge on any atom is -0.298 e. The summed E-state index contributed by atoms with van der Waals surface area (Å²) in [6.07, 6.45) is 2.46. The van der Waals surface area contributed by atoms with Crippen molar-refractivity contribution < 1.29 is 4.79 Å². The maximum absolute atomic E-state index is 10.8. The Bertz CT molecular complexity index is 872. The highest BCUT2D eigenvalue weighted by atomic mass is 35.5. The summed E-state index contributed by atoms with van der Waals surface area (Å²) in [4.78, 5) is 21.2. The third-order valence-corrected chi connectivity index (χ3v) is 5.16. The Balaban J connectivity index is 2.00. The van der Waals surface area contributed by atoms with Gasteiger partial charge in [0, 0.05) is 17.7 Å². The Morgan fingerprint density at radius 2 is 1.88 bits per heavy atom. The van der Waals surface area contributed by atoms with E-state index in [4.69, 9.17) is 16.6 Å². The van der Waals surface area contributed by atoms with Crippen molar-refractivity contribution in [3.05, 3.63) is 68.8 Å². The molecule has 2 heterocycles. The molecule has 24 heavy (non-hydrogen) atoms. The Kier molecular flexibility index (Phi) is 5.07. The summed E-state index contributed by atoms with van der Waals surface area (Å²) < 4.78 is 0.733. The van der Waals surface area contributed by atoms with Crippen LogP contribution in [0.15, 0.2) is 36.4 Å². The van der Waals surface area contributed by atoms with Gasteiger partial charge < -0.3 is 0 Å². The number of nitrogens with zero attached hydrogens (tertiary/aromatic N) is 2. The number of thiophene rings is 1. The van der Waals surface area contributed by atoms with Crippen LogP contribution >= 0.6 is 22.9 Å². The van der Waals surface area contributed by atoms with E-state index >= 15 is 0 Å². The molecule has 0 unspecified atom stereocenters. The molecule has 0 aliphatic heterocycles. The average Bonchev–Trinajstić information content (AvgIpc) is 3.02. The van der Waals surface area contributed by atoms with Gasteiger partial charge in [0.05, 0.1) is 14.9 Å². The van der Waals surface area contributed by atoms with Crippen LogP contribution in [0, 0.1) is 6.92 Å². The van der Waals surface area contributed by atoms with E-state index < -0.39 is 0 Å². The lowest BCUT2D eigenvalue weighted by atomic mass is 10.0. The highest BCUT2D eigenvalue weighted by Gasteiger charge is 2.13. The van der Waals surface area contributed by atoms with E-state index in [1.54, 1.807) is 0 Å². The number of hydrogen-bond acceptors (Lipinski definition) is 4. The van der Waals surface area contributed by atoms with Crippen molar-refractivity contribution in [2.75, 3.05) is 0 Å². The molecular weight excluding hydrogens is 340 g/mol. The fourth-order valence-corrected chi connectivity index (χ4v) is 3.69. The highest BCUT2D eigenvalue weighted by Crippen LogP contribution is 2.30. The maximum atomic E-state index is 10.8. The molecule has 0 atom stereocenters. The largest absolute Gasteiger partial charge is 0.298 e. The number of halogens is 1. The van der Waals surface area contributed by atoms with Gasteiger partial charge in [-0.2, -0.15) is 0 Å². The molecule has 122 valence electrons. The second kappa shape index (κ2) is 7.24. The van der Waals surface area contributed by atoms with E-state index in [1.807, 2.05) is 43.3 Å². The number of aryl methyl sites for hydroxylation is 1. The van der Waals surface area contributed by atoms with Crippen molar-refractivity contribution in [2.45, 2.75) is 26.7 Å². The van der Waals surface area contributed by atoms with Crippen molar-refractivity contribution >= 4 is 29.2 Å². The first kappa shape index (κ1) is 16.8. The minimum absolute atomic E-state index is 0.683. The molecule has 0 radical (unpaired) electrons. The number of aldehydes is 1. The van der Waals surface area contributed by atoms with E-state index in [9.17, 15) is 4.79 Å². The van der Waals surface area contributed by atoms with Gasteiger partial charge in [0.25, 0.3) is 0 Å². The van der Waals surface area contributed by atoms with Gasteiger partial charge in [-0.1, -0.05) is 42.8 Å². The quantitative estimate of drug-likeness (QED) is 0.595. The Hall–Kier alpha value is -2.04. The summed E-state index contributed by atoms with van der Waals surface area (Å²) in [5, 5.41) is 0. The van der Waals surface area contributed by atoms with Crippen molar-refractivity contribution in [3.63, 3.8) is 0 Å². The molecule has 3 aromatic rings. The lowest BCUT2D eigenvalue weighted by Gasteiger charge is -2.12. The van der Waals surface area contributed by atoms with Crippen LogP contribution in [0.5, 0.6) is 0 Å². The van der Waals surface area contributed by atoms with Gasteiger partial charge in [0.15, 0.2) is 5.82 Å². The maximum Gasteiger partial charge on any atom is 0.169 e. The van der Waals surface area contributed by atoms with E-state index in [2.05, 4.69) is 11.9 Å². The summed E-state index contributed by atoms with van der Waals surface area (Å²) in [7, 11) is 0. The number of carbonyl (C=O) groups excluding carboxylic acids is 1. The first-order valence-electron chi connectivity index (χ1n) is 7.77. The van der Waals surface area contributed by atoms with Crippen LogP contribution in [-0.2, 0) is 12.8 Å². The van der Waals surface area contributed by atoms with E-state index in [1.165, 1.54) is 16.9 Å². The van der Waals surface area contributed by atoms with Crippen LogP contribution in [0.25, 0.3) is 10.7 Å². The Labute approximate surface area is 150 Å². The number of carbonyl (C=O) groups is 1.